The summed E-state index contributed by atoms with van der Waals surface area (Å²) in [7, 11) is 0. The normalized spacial score (nSPS) is 19.7. The highest BCUT2D eigenvalue weighted by molar-refractivity contribution is 5.77. The molecule has 0 spiro atoms. The Morgan fingerprint density at radius 3 is 3.19 bits per heavy atom. The van der Waals surface area contributed by atoms with Crippen LogP contribution in [0.5, 0.6) is 0 Å². The van der Waals surface area contributed by atoms with Crippen molar-refractivity contribution in [2.75, 3.05) is 11.9 Å². The van der Waals surface area contributed by atoms with E-state index in [4.69, 9.17) is 5.26 Å². The van der Waals surface area contributed by atoms with Crippen LogP contribution in [0.2, 0.25) is 0 Å². The molecule has 1 aromatic heterocycles. The minimum atomic E-state index is 0.0877. The van der Waals surface area contributed by atoms with Gasteiger partial charge in [0.25, 0.3) is 0 Å². The first kappa shape index (κ1) is 10.4. The summed E-state index contributed by atoms with van der Waals surface area (Å²) in [6.45, 7) is 0.596. The van der Waals surface area contributed by atoms with Gasteiger partial charge in [-0.05, 0) is 18.6 Å². The molecule has 1 saturated heterocycles. The molecule has 0 bridgehead atoms. The van der Waals surface area contributed by atoms with Crippen molar-refractivity contribution in [3.05, 3.63) is 24.0 Å². The maximum absolute atomic E-state index is 11.0. The zero-order valence-electron chi connectivity index (χ0n) is 8.73. The molecule has 2 rings (SSSR count). The molecule has 1 aliphatic rings. The Hall–Kier alpha value is -2.09. The second-order valence-corrected chi connectivity index (χ2v) is 3.70. The molecule has 0 radical (unpaired) electrons. The van der Waals surface area contributed by atoms with Gasteiger partial charge in [0, 0.05) is 25.2 Å². The summed E-state index contributed by atoms with van der Waals surface area (Å²) in [5.41, 5.74) is 1.12. The van der Waals surface area contributed by atoms with Crippen LogP contribution in [-0.2, 0) is 4.79 Å². The van der Waals surface area contributed by atoms with Crippen LogP contribution >= 0.6 is 0 Å². The quantitative estimate of drug-likeness (QED) is 0.760. The van der Waals surface area contributed by atoms with Crippen LogP contribution in [0.15, 0.2) is 18.3 Å². The van der Waals surface area contributed by atoms with Crippen molar-refractivity contribution >= 4 is 11.6 Å². The number of nitriles is 1. The highest BCUT2D eigenvalue weighted by Crippen LogP contribution is 2.15. The summed E-state index contributed by atoms with van der Waals surface area (Å²) in [6, 6.07) is 5.81. The molecule has 2 heterocycles. The van der Waals surface area contributed by atoms with Crippen LogP contribution in [0, 0.1) is 11.3 Å². The number of carbonyl (C=O) groups excluding carboxylic acids is 1. The average molecular weight is 216 g/mol. The Kier molecular flexibility index (Phi) is 3.01. The predicted molar refractivity (Wildman–Crippen MR) is 58.6 cm³/mol. The first-order valence-corrected chi connectivity index (χ1v) is 5.18. The average Bonchev–Trinajstić information content (AvgIpc) is 2.33. The molecule has 82 valence electrons. The van der Waals surface area contributed by atoms with Crippen LogP contribution in [0.1, 0.15) is 18.5 Å². The van der Waals surface area contributed by atoms with Crippen molar-refractivity contribution in [3.8, 4) is 6.07 Å². The minimum Gasteiger partial charge on any atom is -0.378 e. The lowest BCUT2D eigenvalue weighted by atomic mass is 10.1. The monoisotopic (exact) mass is 216 g/mol. The Morgan fingerprint density at radius 1 is 1.62 bits per heavy atom. The zero-order valence-corrected chi connectivity index (χ0v) is 8.73. The van der Waals surface area contributed by atoms with Gasteiger partial charge in [-0.3, -0.25) is 4.79 Å². The highest BCUT2D eigenvalue weighted by atomic mass is 16.1. The summed E-state index contributed by atoms with van der Waals surface area (Å²) in [5, 5.41) is 14.9. The van der Waals surface area contributed by atoms with Gasteiger partial charge < -0.3 is 10.6 Å². The number of hydrogen-bond donors (Lipinski definition) is 2. The van der Waals surface area contributed by atoms with Gasteiger partial charge in [0.2, 0.25) is 5.91 Å². The number of amides is 1. The third-order valence-electron chi connectivity index (χ3n) is 2.54. The molecule has 0 aromatic carbocycles. The third kappa shape index (κ3) is 2.28. The molecule has 1 unspecified atom stereocenters. The zero-order chi connectivity index (χ0) is 11.4. The fourth-order valence-corrected chi connectivity index (χ4v) is 1.69. The van der Waals surface area contributed by atoms with E-state index < -0.39 is 0 Å². The number of piperidine rings is 1. The standard InChI is InChI=1S/C11H12N4O/c12-6-10-9(2-1-5-13-10)15-8-3-4-11(16)14-7-8/h1-2,5,8,15H,3-4,7H2,(H,14,16). The van der Waals surface area contributed by atoms with Crippen molar-refractivity contribution in [2.24, 2.45) is 0 Å². The molecular weight excluding hydrogens is 204 g/mol. The largest absolute Gasteiger partial charge is 0.378 e. The second-order valence-electron chi connectivity index (χ2n) is 3.70. The summed E-state index contributed by atoms with van der Waals surface area (Å²) in [4.78, 5) is 14.9. The fraction of sp³-hybridized carbons (Fsp3) is 0.364. The maximum atomic E-state index is 11.0. The van der Waals surface area contributed by atoms with Crippen LogP contribution in [-0.4, -0.2) is 23.5 Å². The fourth-order valence-electron chi connectivity index (χ4n) is 1.69. The SMILES string of the molecule is N#Cc1ncccc1NC1CCC(=O)NC1. The molecule has 1 aliphatic heterocycles. The van der Waals surface area contributed by atoms with E-state index >= 15 is 0 Å². The van der Waals surface area contributed by atoms with Crippen LogP contribution < -0.4 is 10.6 Å². The van der Waals surface area contributed by atoms with Crippen molar-refractivity contribution in [1.29, 1.82) is 5.26 Å². The van der Waals surface area contributed by atoms with Crippen molar-refractivity contribution in [3.63, 3.8) is 0 Å². The number of rotatable bonds is 2. The molecule has 0 saturated carbocycles. The predicted octanol–water partition coefficient (Wildman–Crippen LogP) is 0.644. The highest BCUT2D eigenvalue weighted by Gasteiger charge is 2.18. The molecule has 1 amide bonds. The molecule has 5 heteroatoms. The van der Waals surface area contributed by atoms with Gasteiger partial charge in [-0.25, -0.2) is 4.98 Å². The van der Waals surface area contributed by atoms with Gasteiger partial charge in [0.1, 0.15) is 6.07 Å². The topological polar surface area (TPSA) is 77.8 Å². The Morgan fingerprint density at radius 2 is 2.50 bits per heavy atom. The van der Waals surface area contributed by atoms with E-state index in [1.807, 2.05) is 12.1 Å². The van der Waals surface area contributed by atoms with Crippen molar-refractivity contribution in [2.45, 2.75) is 18.9 Å². The molecular formula is C11H12N4O. The molecule has 1 atom stereocenters. The van der Waals surface area contributed by atoms with Gasteiger partial charge in [0.05, 0.1) is 5.69 Å². The van der Waals surface area contributed by atoms with Gasteiger partial charge in [-0.1, -0.05) is 0 Å². The van der Waals surface area contributed by atoms with Gasteiger partial charge in [-0.15, -0.1) is 0 Å². The van der Waals surface area contributed by atoms with E-state index in [2.05, 4.69) is 15.6 Å². The minimum absolute atomic E-state index is 0.0877. The number of carbonyl (C=O) groups is 1. The lowest BCUT2D eigenvalue weighted by Gasteiger charge is -2.24. The second kappa shape index (κ2) is 4.62. The molecule has 1 fully saturated rings. The number of hydrogen-bond acceptors (Lipinski definition) is 4. The number of nitrogens with zero attached hydrogens (tertiary/aromatic N) is 2. The van der Waals surface area contributed by atoms with E-state index in [1.54, 1.807) is 12.3 Å². The number of nitrogens with one attached hydrogen (secondary N) is 2. The summed E-state index contributed by atoms with van der Waals surface area (Å²) in [6.07, 6.45) is 2.90. The molecule has 16 heavy (non-hydrogen) atoms. The van der Waals surface area contributed by atoms with E-state index in [9.17, 15) is 4.79 Å². The maximum Gasteiger partial charge on any atom is 0.220 e. The Bertz CT molecular complexity index is 428. The van der Waals surface area contributed by atoms with E-state index in [0.29, 0.717) is 18.7 Å². The van der Waals surface area contributed by atoms with E-state index in [0.717, 1.165) is 12.1 Å². The van der Waals surface area contributed by atoms with Gasteiger partial charge in [-0.2, -0.15) is 5.26 Å². The summed E-state index contributed by atoms with van der Waals surface area (Å²) in [5.74, 6) is 0.0877. The summed E-state index contributed by atoms with van der Waals surface area (Å²) >= 11 is 0. The third-order valence-corrected chi connectivity index (χ3v) is 2.54. The Balaban J connectivity index is 2.04. The van der Waals surface area contributed by atoms with Crippen LogP contribution in [0.3, 0.4) is 0 Å². The van der Waals surface area contributed by atoms with E-state index in [-0.39, 0.29) is 11.9 Å². The van der Waals surface area contributed by atoms with Crippen LogP contribution in [0.25, 0.3) is 0 Å². The lowest BCUT2D eigenvalue weighted by Crippen LogP contribution is -2.42. The van der Waals surface area contributed by atoms with E-state index in [1.165, 1.54) is 0 Å². The van der Waals surface area contributed by atoms with Gasteiger partial charge >= 0.3 is 0 Å². The van der Waals surface area contributed by atoms with Crippen molar-refractivity contribution < 1.29 is 4.79 Å². The van der Waals surface area contributed by atoms with Gasteiger partial charge in [0.15, 0.2) is 5.69 Å². The number of aromatic nitrogens is 1. The first-order valence-electron chi connectivity index (χ1n) is 5.18. The lowest BCUT2D eigenvalue weighted by molar-refractivity contribution is -0.122. The smallest absolute Gasteiger partial charge is 0.220 e. The summed E-state index contributed by atoms with van der Waals surface area (Å²) < 4.78 is 0. The molecule has 1 aromatic rings. The molecule has 2 N–H and O–H groups in total. The number of pyridine rings is 1. The van der Waals surface area contributed by atoms with Crippen LogP contribution in [0.4, 0.5) is 5.69 Å². The molecule has 5 nitrogen and oxygen atoms in total. The molecule has 0 aliphatic carbocycles. The van der Waals surface area contributed by atoms with Crippen molar-refractivity contribution in [1.82, 2.24) is 10.3 Å². The Labute approximate surface area is 93.5 Å². The first-order chi connectivity index (χ1) is 7.79. The number of anilines is 1.